The van der Waals surface area contributed by atoms with Gasteiger partial charge < -0.3 is 5.11 Å². The molecule has 0 radical (unpaired) electrons. The van der Waals surface area contributed by atoms with Crippen LogP contribution in [0.15, 0.2) is 28.7 Å². The van der Waals surface area contributed by atoms with Crippen LogP contribution < -0.4 is 0 Å². The number of carboxylic acids is 1. The lowest BCUT2D eigenvalue weighted by Crippen LogP contribution is -2.16. The second-order valence-corrected chi connectivity index (χ2v) is 5.90. The van der Waals surface area contributed by atoms with E-state index in [2.05, 4.69) is 15.9 Å². The molecular weight excluding hydrogens is 300 g/mol. The van der Waals surface area contributed by atoms with Crippen molar-refractivity contribution in [2.24, 2.45) is 5.92 Å². The third kappa shape index (κ3) is 5.59. The van der Waals surface area contributed by atoms with Crippen molar-refractivity contribution in [2.75, 3.05) is 12.0 Å². The van der Waals surface area contributed by atoms with Crippen LogP contribution in [0.25, 0.3) is 0 Å². The predicted molar refractivity (Wildman–Crippen MR) is 76.6 cm³/mol. The van der Waals surface area contributed by atoms with Crippen molar-refractivity contribution < 1.29 is 9.90 Å². The van der Waals surface area contributed by atoms with E-state index in [4.69, 9.17) is 0 Å². The van der Waals surface area contributed by atoms with E-state index in [-0.39, 0.29) is 5.92 Å². The van der Waals surface area contributed by atoms with Crippen LogP contribution in [0.1, 0.15) is 18.4 Å². The van der Waals surface area contributed by atoms with E-state index in [1.165, 1.54) is 0 Å². The largest absolute Gasteiger partial charge is 0.481 e. The van der Waals surface area contributed by atoms with Gasteiger partial charge in [-0.15, -0.1) is 0 Å². The lowest BCUT2D eigenvalue weighted by atomic mass is 9.95. The summed E-state index contributed by atoms with van der Waals surface area (Å²) in [5.74, 6) is 0.0850. The van der Waals surface area contributed by atoms with Crippen molar-refractivity contribution in [2.45, 2.75) is 19.3 Å². The number of rotatable bonds is 7. The maximum atomic E-state index is 11.1. The fourth-order valence-corrected chi connectivity index (χ4v) is 2.41. The van der Waals surface area contributed by atoms with E-state index in [9.17, 15) is 9.90 Å². The Labute approximate surface area is 115 Å². The molecule has 2 nitrogen and oxygen atoms in total. The summed E-state index contributed by atoms with van der Waals surface area (Å²) in [7, 11) is 0. The number of benzene rings is 1. The molecule has 0 aliphatic heterocycles. The molecule has 1 aromatic rings. The Kier molecular flexibility index (Phi) is 6.66. The highest BCUT2D eigenvalue weighted by Gasteiger charge is 2.17. The molecule has 0 aromatic heterocycles. The van der Waals surface area contributed by atoms with Gasteiger partial charge in [-0.3, -0.25) is 4.79 Å². The molecule has 0 aliphatic rings. The highest BCUT2D eigenvalue weighted by Crippen LogP contribution is 2.18. The zero-order valence-electron chi connectivity index (χ0n) is 9.86. The molecule has 94 valence electrons. The summed E-state index contributed by atoms with van der Waals surface area (Å²) in [5.41, 5.74) is 1.09. The minimum absolute atomic E-state index is 0.261. The van der Waals surface area contributed by atoms with Gasteiger partial charge in [0.2, 0.25) is 0 Å². The Hall–Kier alpha value is -0.480. The molecule has 1 aromatic carbocycles. The van der Waals surface area contributed by atoms with Gasteiger partial charge in [0.15, 0.2) is 0 Å². The van der Waals surface area contributed by atoms with Crippen LogP contribution in [-0.2, 0) is 11.2 Å². The summed E-state index contributed by atoms with van der Waals surface area (Å²) in [6.07, 6.45) is 4.39. The monoisotopic (exact) mass is 316 g/mol. The van der Waals surface area contributed by atoms with Crippen LogP contribution in [0, 0.1) is 5.92 Å². The minimum atomic E-state index is -0.686. The van der Waals surface area contributed by atoms with Gasteiger partial charge in [-0.25, -0.2) is 0 Å². The number of thioether (sulfide) groups is 1. The Morgan fingerprint density at radius 3 is 2.59 bits per heavy atom. The Morgan fingerprint density at radius 2 is 2.06 bits per heavy atom. The normalized spacial score (nSPS) is 12.4. The molecule has 0 bridgehead atoms. The molecule has 0 saturated carbocycles. The smallest absolute Gasteiger partial charge is 0.306 e. The predicted octanol–water partition coefficient (Wildman–Crippen LogP) is 3.84. The van der Waals surface area contributed by atoms with Gasteiger partial charge >= 0.3 is 5.97 Å². The van der Waals surface area contributed by atoms with Gasteiger partial charge in [-0.1, -0.05) is 28.1 Å². The summed E-state index contributed by atoms with van der Waals surface area (Å²) in [6.45, 7) is 0. The van der Waals surface area contributed by atoms with Gasteiger partial charge in [0.05, 0.1) is 5.92 Å². The molecule has 17 heavy (non-hydrogen) atoms. The van der Waals surface area contributed by atoms with Crippen molar-refractivity contribution in [3.05, 3.63) is 34.3 Å². The summed E-state index contributed by atoms with van der Waals surface area (Å²) >= 11 is 5.14. The lowest BCUT2D eigenvalue weighted by molar-refractivity contribution is -0.141. The fraction of sp³-hybridized carbons (Fsp3) is 0.462. The van der Waals surface area contributed by atoms with Gasteiger partial charge in [0, 0.05) is 4.47 Å². The molecule has 0 aliphatic carbocycles. The summed E-state index contributed by atoms with van der Waals surface area (Å²) < 4.78 is 1.02. The first-order chi connectivity index (χ1) is 8.13. The van der Waals surface area contributed by atoms with Crippen molar-refractivity contribution in [3.8, 4) is 0 Å². The Balaban J connectivity index is 2.54. The topological polar surface area (TPSA) is 37.3 Å². The molecule has 0 spiro atoms. The molecule has 0 fully saturated rings. The lowest BCUT2D eigenvalue weighted by Gasteiger charge is -2.12. The average Bonchev–Trinajstić information content (AvgIpc) is 2.30. The first-order valence-corrected chi connectivity index (χ1v) is 7.78. The van der Waals surface area contributed by atoms with Crippen LogP contribution in [0.5, 0.6) is 0 Å². The highest BCUT2D eigenvalue weighted by molar-refractivity contribution is 9.10. The van der Waals surface area contributed by atoms with Gasteiger partial charge in [-0.2, -0.15) is 11.8 Å². The zero-order valence-corrected chi connectivity index (χ0v) is 12.3. The molecule has 0 amide bonds. The maximum absolute atomic E-state index is 11.1. The number of carboxylic acid groups (broad SMARTS) is 1. The third-order valence-electron chi connectivity index (χ3n) is 2.65. The molecule has 0 heterocycles. The number of carbonyl (C=O) groups is 1. The fourth-order valence-electron chi connectivity index (χ4n) is 1.69. The van der Waals surface area contributed by atoms with Gasteiger partial charge in [0.1, 0.15) is 0 Å². The first-order valence-electron chi connectivity index (χ1n) is 5.59. The van der Waals surface area contributed by atoms with Crippen molar-refractivity contribution >= 4 is 33.7 Å². The quantitative estimate of drug-likeness (QED) is 0.777. The van der Waals surface area contributed by atoms with Crippen molar-refractivity contribution in [1.82, 2.24) is 0 Å². The molecule has 1 rings (SSSR count). The van der Waals surface area contributed by atoms with E-state index in [0.717, 1.165) is 28.6 Å². The molecule has 1 N–H and O–H groups in total. The zero-order chi connectivity index (χ0) is 12.7. The number of hydrogen-bond donors (Lipinski definition) is 1. The van der Waals surface area contributed by atoms with E-state index >= 15 is 0 Å². The number of hydrogen-bond acceptors (Lipinski definition) is 2. The van der Waals surface area contributed by atoms with E-state index in [0.29, 0.717) is 6.42 Å². The summed E-state index contributed by atoms with van der Waals surface area (Å²) in [6, 6.07) is 7.87. The maximum Gasteiger partial charge on any atom is 0.306 e. The Bertz CT molecular complexity index is 351. The second kappa shape index (κ2) is 7.77. The third-order valence-corrected chi connectivity index (χ3v) is 3.87. The molecule has 1 atom stereocenters. The van der Waals surface area contributed by atoms with Crippen LogP contribution in [0.2, 0.25) is 0 Å². The van der Waals surface area contributed by atoms with Gasteiger partial charge in [0.25, 0.3) is 0 Å². The second-order valence-electron chi connectivity index (χ2n) is 4.00. The van der Waals surface area contributed by atoms with Crippen LogP contribution in [0.4, 0.5) is 0 Å². The standard InChI is InChI=1S/C13H17BrO2S/c1-17-8-2-3-11(13(15)16)9-10-4-6-12(14)7-5-10/h4-7,11H,2-3,8-9H2,1H3,(H,15,16). The molecule has 0 saturated heterocycles. The molecular formula is C13H17BrO2S. The van der Waals surface area contributed by atoms with Gasteiger partial charge in [-0.05, 0) is 49.0 Å². The summed E-state index contributed by atoms with van der Waals surface area (Å²) in [4.78, 5) is 11.1. The highest BCUT2D eigenvalue weighted by atomic mass is 79.9. The van der Waals surface area contributed by atoms with E-state index < -0.39 is 5.97 Å². The SMILES string of the molecule is CSCCCC(Cc1ccc(Br)cc1)C(=O)O. The van der Waals surface area contributed by atoms with E-state index in [1.54, 1.807) is 11.8 Å². The molecule has 4 heteroatoms. The Morgan fingerprint density at radius 1 is 1.41 bits per heavy atom. The van der Waals surface area contributed by atoms with Crippen molar-refractivity contribution in [1.29, 1.82) is 0 Å². The molecule has 1 unspecified atom stereocenters. The van der Waals surface area contributed by atoms with Crippen LogP contribution in [0.3, 0.4) is 0 Å². The van der Waals surface area contributed by atoms with Crippen molar-refractivity contribution in [3.63, 3.8) is 0 Å². The van der Waals surface area contributed by atoms with Crippen LogP contribution in [-0.4, -0.2) is 23.1 Å². The summed E-state index contributed by atoms with van der Waals surface area (Å²) in [5, 5.41) is 9.17. The number of aliphatic carboxylic acids is 1. The number of halogens is 1. The van der Waals surface area contributed by atoms with Crippen LogP contribution >= 0.6 is 27.7 Å². The first kappa shape index (κ1) is 14.6. The minimum Gasteiger partial charge on any atom is -0.481 e. The average molecular weight is 317 g/mol. The van der Waals surface area contributed by atoms with E-state index in [1.807, 2.05) is 30.5 Å².